The second-order valence-electron chi connectivity index (χ2n) is 3.87. The molecule has 178 valence electrons. The molecule has 0 aliphatic carbocycles. The number of hydrogen-bond donors (Lipinski definition) is 7. The van der Waals surface area contributed by atoms with Crippen LogP contribution in [0.2, 0.25) is 0 Å². The van der Waals surface area contributed by atoms with Crippen LogP contribution in [-0.2, 0) is 41.0 Å². The normalized spacial score (nSPS) is 6.59. The average Bonchev–Trinajstić information content (AvgIpc) is 2.35. The minimum atomic E-state index is -1.08. The third-order valence-corrected chi connectivity index (χ3v) is 0.642. The molecule has 0 aromatic rings. The van der Waals surface area contributed by atoms with Crippen LogP contribution >= 0.6 is 0 Å². The maximum absolute atomic E-state index is 9.00. The van der Waals surface area contributed by atoms with E-state index in [1.807, 2.05) is 0 Å². The fourth-order valence-corrected chi connectivity index (χ4v) is 0.329. The number of aliphatic carboxylic acids is 5. The van der Waals surface area contributed by atoms with Crippen molar-refractivity contribution in [3.8, 4) is 0 Å². The zero-order chi connectivity index (χ0) is 23.4. The van der Waals surface area contributed by atoms with Crippen molar-refractivity contribution < 1.29 is 66.6 Å². The average molecular weight is 474 g/mol. The minimum absolute atomic E-state index is 0. The molecular formula is C14H34FeN4O10. The van der Waals surface area contributed by atoms with Crippen molar-refractivity contribution in [3.05, 3.63) is 0 Å². The molecule has 0 unspecified atom stereocenters. The predicted molar refractivity (Wildman–Crippen MR) is 97.3 cm³/mol. The van der Waals surface area contributed by atoms with Crippen molar-refractivity contribution in [1.29, 1.82) is 0 Å². The molecule has 0 aromatic carbocycles. The van der Waals surface area contributed by atoms with Crippen LogP contribution in [0.4, 0.5) is 0 Å². The van der Waals surface area contributed by atoms with Gasteiger partial charge in [0.1, 0.15) is 0 Å². The first-order valence-electron chi connectivity index (χ1n) is 7.12. The van der Waals surface area contributed by atoms with Gasteiger partial charge < -0.3 is 58.1 Å². The summed E-state index contributed by atoms with van der Waals surface area (Å²) in [6.45, 7) is 8.33. The van der Waals surface area contributed by atoms with Crippen molar-refractivity contribution in [2.45, 2.75) is 34.6 Å². The van der Waals surface area contributed by atoms with Gasteiger partial charge in [-0.3, -0.25) is 14.4 Å². The first kappa shape index (κ1) is 50.4. The monoisotopic (exact) mass is 474 g/mol. The first-order valence-corrected chi connectivity index (χ1v) is 7.12. The molecule has 14 nitrogen and oxygen atoms in total. The Labute approximate surface area is 180 Å². The standard InChI is InChI=1S/C4H13N3.5C2H4O2.Fe.H3N/c5-1-3-7-4-2-6;5*1-2(3)4;;/h7H,1-6H2;5*1H3,(H,3,4);;1H3/q;;;;;;+2;/p-2. The molecule has 0 atom stereocenters. The maximum Gasteiger partial charge on any atom is 2.00 e. The third-order valence-electron chi connectivity index (χ3n) is 0.642. The molecule has 0 saturated carbocycles. The van der Waals surface area contributed by atoms with Crippen LogP contribution in [0.3, 0.4) is 0 Å². The Morgan fingerprint density at radius 2 is 0.793 bits per heavy atom. The first-order chi connectivity index (χ1) is 12.1. The summed E-state index contributed by atoms with van der Waals surface area (Å²) in [6.07, 6.45) is 0. The third kappa shape index (κ3) is 4950. The van der Waals surface area contributed by atoms with Crippen LogP contribution in [0.1, 0.15) is 34.6 Å². The largest absolute Gasteiger partial charge is 2.00 e. The molecule has 11 N–H and O–H groups in total. The fraction of sp³-hybridized carbons (Fsp3) is 0.643. The fourth-order valence-electron chi connectivity index (χ4n) is 0.329. The Kier molecular flexibility index (Phi) is 87.0. The van der Waals surface area contributed by atoms with E-state index >= 15 is 0 Å². The summed E-state index contributed by atoms with van der Waals surface area (Å²) in [5, 5.41) is 43.1. The molecule has 0 radical (unpaired) electrons. The van der Waals surface area contributed by atoms with E-state index in [1.165, 1.54) is 0 Å². The number of carboxylic acids is 5. The molecule has 0 fully saturated rings. The van der Waals surface area contributed by atoms with Crippen LogP contribution in [0, 0.1) is 0 Å². The van der Waals surface area contributed by atoms with Crippen LogP contribution < -0.4 is 33.1 Å². The van der Waals surface area contributed by atoms with Gasteiger partial charge in [0.15, 0.2) is 0 Å². The second-order valence-corrected chi connectivity index (χ2v) is 3.87. The number of carboxylic acid groups (broad SMARTS) is 5. The number of hydrogen-bond acceptors (Lipinski definition) is 11. The molecule has 0 bridgehead atoms. The number of rotatable bonds is 4. The summed E-state index contributed by atoms with van der Waals surface area (Å²) in [4.78, 5) is 44.8. The van der Waals surface area contributed by atoms with Gasteiger partial charge in [-0.05, 0) is 13.8 Å². The molecule has 0 saturated heterocycles. The summed E-state index contributed by atoms with van der Waals surface area (Å²) in [5.41, 5.74) is 10.3. The van der Waals surface area contributed by atoms with E-state index in [9.17, 15) is 0 Å². The molecule has 0 heterocycles. The molecule has 0 rings (SSSR count). The van der Waals surface area contributed by atoms with Crippen LogP contribution in [0.25, 0.3) is 0 Å². The number of nitrogens with two attached hydrogens (primary N) is 2. The van der Waals surface area contributed by atoms with Crippen molar-refractivity contribution in [2.24, 2.45) is 11.5 Å². The maximum atomic E-state index is 9.00. The molecule has 0 aliphatic heterocycles. The smallest absolute Gasteiger partial charge is 0.550 e. The zero-order valence-corrected chi connectivity index (χ0v) is 18.3. The molecule has 29 heavy (non-hydrogen) atoms. The van der Waals surface area contributed by atoms with E-state index in [1.54, 1.807) is 0 Å². The van der Waals surface area contributed by atoms with E-state index in [4.69, 9.17) is 61.0 Å². The van der Waals surface area contributed by atoms with Gasteiger partial charge in [-0.25, -0.2) is 0 Å². The molecule has 0 amide bonds. The van der Waals surface area contributed by atoms with Gasteiger partial charge in [0.2, 0.25) is 0 Å². The van der Waals surface area contributed by atoms with Gasteiger partial charge in [0, 0.05) is 58.9 Å². The van der Waals surface area contributed by atoms with Crippen molar-refractivity contribution >= 4 is 29.8 Å². The Hall–Kier alpha value is -2.29. The molecule has 0 spiro atoms. The van der Waals surface area contributed by atoms with Gasteiger partial charge in [-0.2, -0.15) is 0 Å². The van der Waals surface area contributed by atoms with E-state index in [0.29, 0.717) is 13.1 Å². The summed E-state index contributed by atoms with van der Waals surface area (Å²) in [7, 11) is 0. The number of nitrogens with one attached hydrogen (secondary N) is 1. The van der Waals surface area contributed by atoms with E-state index < -0.39 is 29.8 Å². The van der Waals surface area contributed by atoms with Crippen molar-refractivity contribution in [3.63, 3.8) is 0 Å². The zero-order valence-electron chi connectivity index (χ0n) is 17.2. The Morgan fingerprint density at radius 1 is 0.690 bits per heavy atom. The van der Waals surface area contributed by atoms with Gasteiger partial charge >= 0.3 is 17.1 Å². The predicted octanol–water partition coefficient (Wildman–Crippen LogP) is -3.56. The van der Waals surface area contributed by atoms with Crippen molar-refractivity contribution in [1.82, 2.24) is 11.5 Å². The molecule has 0 aromatic heterocycles. The SMILES string of the molecule is CC(=O)O.CC(=O)O.CC(=O)O.CC(=O)[O-].CC(=O)[O-].N.NCCNCCN.[Fe+2]. The van der Waals surface area contributed by atoms with E-state index in [0.717, 1.165) is 47.7 Å². The quantitative estimate of drug-likeness (QED) is 0.153. The van der Waals surface area contributed by atoms with E-state index in [2.05, 4.69) is 5.32 Å². The number of carbonyl (C=O) groups excluding carboxylic acids is 2. The Morgan fingerprint density at radius 3 is 0.862 bits per heavy atom. The Bertz CT molecular complexity index is 292. The molecular weight excluding hydrogens is 440 g/mol. The Balaban J connectivity index is -0.0000000305. The summed E-state index contributed by atoms with van der Waals surface area (Å²) >= 11 is 0. The molecule has 15 heteroatoms. The van der Waals surface area contributed by atoms with Gasteiger partial charge in [0.05, 0.1) is 0 Å². The van der Waals surface area contributed by atoms with Gasteiger partial charge in [0.25, 0.3) is 17.9 Å². The second kappa shape index (κ2) is 50.1. The van der Waals surface area contributed by atoms with Crippen LogP contribution in [0.15, 0.2) is 0 Å². The number of carbonyl (C=O) groups is 5. The summed E-state index contributed by atoms with van der Waals surface area (Å²) in [6, 6.07) is 0. The topological polar surface area (TPSA) is 291 Å². The van der Waals surface area contributed by atoms with E-state index in [-0.39, 0.29) is 23.2 Å². The summed E-state index contributed by atoms with van der Waals surface area (Å²) < 4.78 is 0. The van der Waals surface area contributed by atoms with Crippen molar-refractivity contribution in [2.75, 3.05) is 26.2 Å². The van der Waals surface area contributed by atoms with Gasteiger partial charge in [-0.1, -0.05) is 0 Å². The van der Waals surface area contributed by atoms with Crippen LogP contribution in [-0.4, -0.2) is 71.3 Å². The minimum Gasteiger partial charge on any atom is -0.550 e. The van der Waals surface area contributed by atoms with Gasteiger partial charge in [-0.15, -0.1) is 0 Å². The summed E-state index contributed by atoms with van der Waals surface area (Å²) in [5.74, 6) is -4.67. The molecule has 0 aliphatic rings. The van der Waals surface area contributed by atoms with Crippen LogP contribution in [0.5, 0.6) is 0 Å².